The van der Waals surface area contributed by atoms with Crippen LogP contribution in [0.15, 0.2) is 11.8 Å². The fourth-order valence-corrected chi connectivity index (χ4v) is 3.25. The van der Waals surface area contributed by atoms with Gasteiger partial charge in [-0.1, -0.05) is 6.92 Å². The molecule has 2 rings (SSSR count). The van der Waals surface area contributed by atoms with Gasteiger partial charge in [0.1, 0.15) is 6.61 Å². The molecule has 9 heteroatoms. The van der Waals surface area contributed by atoms with Crippen LogP contribution in [0.4, 0.5) is 0 Å². The SMILES string of the molecule is CCN1C[C@]2([N+](=O)[O-])CC=C(OCCO)[C@]([N+](=O)[O-])(C1)C2. The molecule has 2 bridgehead atoms. The van der Waals surface area contributed by atoms with Crippen LogP contribution in [-0.4, -0.2) is 63.8 Å². The molecule has 1 heterocycles. The molecule has 1 fully saturated rings. The maximum Gasteiger partial charge on any atom is 0.296 e. The van der Waals surface area contributed by atoms with Crippen LogP contribution in [0, 0.1) is 20.2 Å². The second-order valence-electron chi connectivity index (χ2n) is 5.59. The summed E-state index contributed by atoms with van der Waals surface area (Å²) in [6.45, 7) is 2.29. The highest BCUT2D eigenvalue weighted by Gasteiger charge is 2.66. The number of aliphatic hydroxyl groups excluding tert-OH is 1. The summed E-state index contributed by atoms with van der Waals surface area (Å²) < 4.78 is 5.32. The number of hydrogen-bond donors (Lipinski definition) is 1. The zero-order valence-electron chi connectivity index (χ0n) is 11.9. The fraction of sp³-hybridized carbons (Fsp3) is 0.833. The van der Waals surface area contributed by atoms with E-state index in [1.807, 2.05) is 6.92 Å². The van der Waals surface area contributed by atoms with Gasteiger partial charge in [0.05, 0.1) is 26.1 Å². The first-order valence-electron chi connectivity index (χ1n) is 6.86. The van der Waals surface area contributed by atoms with E-state index in [9.17, 15) is 20.2 Å². The molecule has 0 amide bonds. The first kappa shape index (κ1) is 15.6. The number of ether oxygens (including phenoxy) is 1. The van der Waals surface area contributed by atoms with Gasteiger partial charge in [-0.25, -0.2) is 0 Å². The Morgan fingerprint density at radius 2 is 2.10 bits per heavy atom. The van der Waals surface area contributed by atoms with Crippen LogP contribution >= 0.6 is 0 Å². The van der Waals surface area contributed by atoms with Crippen molar-refractivity contribution in [3.63, 3.8) is 0 Å². The molecular weight excluding hydrogens is 282 g/mol. The molecule has 9 nitrogen and oxygen atoms in total. The molecular formula is C12H19N3O6. The Morgan fingerprint density at radius 1 is 1.38 bits per heavy atom. The van der Waals surface area contributed by atoms with Gasteiger partial charge in [-0.2, -0.15) is 0 Å². The Balaban J connectivity index is 2.45. The summed E-state index contributed by atoms with van der Waals surface area (Å²) in [5.41, 5.74) is -2.94. The molecule has 2 atom stereocenters. The van der Waals surface area contributed by atoms with Gasteiger partial charge in [0, 0.05) is 16.3 Å². The van der Waals surface area contributed by atoms with Crippen molar-refractivity contribution in [1.29, 1.82) is 0 Å². The number of hydrogen-bond acceptors (Lipinski definition) is 7. The minimum atomic E-state index is -1.60. The van der Waals surface area contributed by atoms with E-state index in [0.717, 1.165) is 0 Å². The summed E-state index contributed by atoms with van der Waals surface area (Å²) in [6, 6.07) is 0. The number of rotatable bonds is 6. The van der Waals surface area contributed by atoms with Crippen molar-refractivity contribution in [3.8, 4) is 0 Å². The molecule has 21 heavy (non-hydrogen) atoms. The zero-order valence-corrected chi connectivity index (χ0v) is 11.9. The Morgan fingerprint density at radius 3 is 2.62 bits per heavy atom. The van der Waals surface area contributed by atoms with Crippen LogP contribution in [0.2, 0.25) is 0 Å². The van der Waals surface area contributed by atoms with Crippen LogP contribution in [0.25, 0.3) is 0 Å². The van der Waals surface area contributed by atoms with Crippen molar-refractivity contribution in [1.82, 2.24) is 4.90 Å². The monoisotopic (exact) mass is 301 g/mol. The van der Waals surface area contributed by atoms with Gasteiger partial charge >= 0.3 is 0 Å². The van der Waals surface area contributed by atoms with Gasteiger partial charge in [0.2, 0.25) is 5.54 Å². The van der Waals surface area contributed by atoms with Gasteiger partial charge in [-0.05, 0) is 12.6 Å². The van der Waals surface area contributed by atoms with Crippen LogP contribution in [0.1, 0.15) is 19.8 Å². The second kappa shape index (κ2) is 5.57. The summed E-state index contributed by atoms with van der Waals surface area (Å²) in [5, 5.41) is 32.0. The third-order valence-electron chi connectivity index (χ3n) is 4.28. The lowest BCUT2D eigenvalue weighted by molar-refractivity contribution is -0.624. The van der Waals surface area contributed by atoms with Gasteiger partial charge in [0.25, 0.3) is 5.54 Å². The average molecular weight is 301 g/mol. The van der Waals surface area contributed by atoms with Crippen LogP contribution in [0.3, 0.4) is 0 Å². The second-order valence-corrected chi connectivity index (χ2v) is 5.59. The molecule has 0 aromatic heterocycles. The first-order chi connectivity index (χ1) is 9.90. The van der Waals surface area contributed by atoms with Gasteiger partial charge in [-0.3, -0.25) is 25.1 Å². The van der Waals surface area contributed by atoms with E-state index in [-0.39, 0.29) is 44.9 Å². The van der Waals surface area contributed by atoms with Crippen LogP contribution in [-0.2, 0) is 4.74 Å². The Hall–Kier alpha value is -1.74. The Labute approximate surface area is 121 Å². The molecule has 0 radical (unpaired) electrons. The largest absolute Gasteiger partial charge is 0.488 e. The smallest absolute Gasteiger partial charge is 0.296 e. The Bertz CT molecular complexity index is 482. The molecule has 0 spiro atoms. The average Bonchev–Trinajstić information content (AvgIpc) is 2.45. The standard InChI is InChI=1S/C12H19N3O6/c1-2-13-8-11(14(17)18)4-3-10(21-6-5-16)12(7-11,9-13)15(19)20/h3,16H,2,4-9H2,1H3/t11-,12+/m0/s1. The van der Waals surface area contributed by atoms with E-state index in [0.29, 0.717) is 6.54 Å². The van der Waals surface area contributed by atoms with Crippen molar-refractivity contribution in [2.24, 2.45) is 0 Å². The number of nitrogens with zero attached hydrogens (tertiary/aromatic N) is 3. The highest BCUT2D eigenvalue weighted by atomic mass is 16.6. The maximum absolute atomic E-state index is 11.7. The molecule has 0 aromatic rings. The lowest BCUT2D eigenvalue weighted by Crippen LogP contribution is -2.67. The van der Waals surface area contributed by atoms with E-state index < -0.39 is 20.9 Å². The topological polar surface area (TPSA) is 119 Å². The van der Waals surface area contributed by atoms with Crippen molar-refractivity contribution >= 4 is 0 Å². The number of nitro groups is 2. The molecule has 0 unspecified atom stereocenters. The molecule has 1 aliphatic carbocycles. The lowest BCUT2D eigenvalue weighted by atomic mass is 9.71. The van der Waals surface area contributed by atoms with Crippen molar-refractivity contribution in [2.75, 3.05) is 32.8 Å². The summed E-state index contributed by atoms with van der Waals surface area (Å²) in [6.07, 6.45) is 1.39. The highest BCUT2D eigenvalue weighted by molar-refractivity contribution is 5.23. The lowest BCUT2D eigenvalue weighted by Gasteiger charge is -2.45. The molecule has 1 N–H and O–H groups in total. The summed E-state index contributed by atoms with van der Waals surface area (Å²) in [7, 11) is 0. The highest BCUT2D eigenvalue weighted by Crippen LogP contribution is 2.44. The molecule has 1 aliphatic heterocycles. The minimum Gasteiger partial charge on any atom is -0.488 e. The quantitative estimate of drug-likeness (QED) is 0.543. The van der Waals surface area contributed by atoms with E-state index in [1.165, 1.54) is 6.08 Å². The zero-order chi connectivity index (χ0) is 15.7. The predicted octanol–water partition coefficient (Wildman–Crippen LogP) is 0.0395. The van der Waals surface area contributed by atoms with Crippen molar-refractivity contribution in [2.45, 2.75) is 30.8 Å². The fourth-order valence-electron chi connectivity index (χ4n) is 3.25. The number of likely N-dealkylation sites (N-methyl/N-ethyl adjacent to an activating group) is 1. The van der Waals surface area contributed by atoms with E-state index in [2.05, 4.69) is 0 Å². The van der Waals surface area contributed by atoms with E-state index in [1.54, 1.807) is 4.90 Å². The number of fused-ring (bicyclic) bond motifs is 2. The molecule has 0 aromatic carbocycles. The molecule has 118 valence electrons. The van der Waals surface area contributed by atoms with Gasteiger partial charge in [-0.15, -0.1) is 0 Å². The van der Waals surface area contributed by atoms with Crippen LogP contribution < -0.4 is 0 Å². The molecule has 0 saturated carbocycles. The molecule has 1 saturated heterocycles. The first-order valence-corrected chi connectivity index (χ1v) is 6.86. The maximum atomic E-state index is 11.7. The number of aliphatic hydroxyl groups is 1. The van der Waals surface area contributed by atoms with Crippen LogP contribution in [0.5, 0.6) is 0 Å². The number of piperidine rings is 1. The van der Waals surface area contributed by atoms with E-state index in [4.69, 9.17) is 9.84 Å². The van der Waals surface area contributed by atoms with Crippen molar-refractivity contribution in [3.05, 3.63) is 32.1 Å². The molecule has 2 aliphatic rings. The predicted molar refractivity (Wildman–Crippen MR) is 71.9 cm³/mol. The van der Waals surface area contributed by atoms with Crippen molar-refractivity contribution < 1.29 is 19.7 Å². The van der Waals surface area contributed by atoms with E-state index >= 15 is 0 Å². The third kappa shape index (κ3) is 2.46. The Kier molecular flexibility index (Phi) is 4.15. The minimum absolute atomic E-state index is 0.0565. The summed E-state index contributed by atoms with van der Waals surface area (Å²) >= 11 is 0. The summed E-state index contributed by atoms with van der Waals surface area (Å²) in [4.78, 5) is 24.0. The normalized spacial score (nSPS) is 32.4. The van der Waals surface area contributed by atoms with Gasteiger partial charge < -0.3 is 9.84 Å². The summed E-state index contributed by atoms with van der Waals surface area (Å²) in [5.74, 6) is 0.136. The third-order valence-corrected chi connectivity index (χ3v) is 4.28. The number of likely N-dealkylation sites (tertiary alicyclic amines) is 1. The van der Waals surface area contributed by atoms with Gasteiger partial charge in [0.15, 0.2) is 5.76 Å².